The Balaban J connectivity index is 1.99. The molecule has 0 aromatic carbocycles. The fraction of sp³-hybridized carbons (Fsp3) is 1.00. The predicted molar refractivity (Wildman–Crippen MR) is 59.5 cm³/mol. The summed E-state index contributed by atoms with van der Waals surface area (Å²) in [4.78, 5) is 4.84. The van der Waals surface area contributed by atoms with Crippen molar-refractivity contribution in [2.75, 3.05) is 39.8 Å². The van der Waals surface area contributed by atoms with Gasteiger partial charge in [-0.25, -0.2) is 0 Å². The minimum absolute atomic E-state index is 0.163. The molecular weight excluding hydrogens is 176 g/mol. The highest BCUT2D eigenvalue weighted by molar-refractivity contribution is 4.67. The Morgan fingerprint density at radius 2 is 1.93 bits per heavy atom. The minimum atomic E-state index is -0.163. The van der Waals surface area contributed by atoms with Crippen molar-refractivity contribution in [1.82, 2.24) is 9.80 Å². The summed E-state index contributed by atoms with van der Waals surface area (Å²) >= 11 is 0. The van der Waals surface area contributed by atoms with Crippen molar-refractivity contribution in [2.45, 2.75) is 32.3 Å². The third-order valence-corrected chi connectivity index (χ3v) is 2.93. The van der Waals surface area contributed by atoms with Crippen molar-refractivity contribution in [2.24, 2.45) is 0 Å². The topological polar surface area (TPSA) is 26.7 Å². The molecule has 0 spiro atoms. The fourth-order valence-corrected chi connectivity index (χ4v) is 1.84. The smallest absolute Gasteiger partial charge is 0.0524 e. The molecule has 0 aliphatic carbocycles. The normalized spacial score (nSPS) is 20.6. The molecular formula is C11H24N2O. The first kappa shape index (κ1) is 12.0. The Morgan fingerprint density at radius 3 is 2.50 bits per heavy atom. The van der Waals surface area contributed by atoms with E-state index in [4.69, 9.17) is 5.11 Å². The molecule has 1 heterocycles. The van der Waals surface area contributed by atoms with Crippen molar-refractivity contribution in [3.05, 3.63) is 0 Å². The van der Waals surface area contributed by atoms with Crippen LogP contribution in [0.3, 0.4) is 0 Å². The number of rotatable bonds is 6. The number of nitrogens with zero attached hydrogens (tertiary/aromatic N) is 2. The number of hydrogen-bond acceptors (Lipinski definition) is 3. The molecule has 0 bridgehead atoms. The predicted octanol–water partition coefficient (Wildman–Crippen LogP) is 0.785. The van der Waals surface area contributed by atoms with Crippen molar-refractivity contribution >= 4 is 0 Å². The highest BCUT2D eigenvalue weighted by Gasteiger charge is 2.11. The summed E-state index contributed by atoms with van der Waals surface area (Å²) in [5.74, 6) is 0. The Morgan fingerprint density at radius 1 is 1.29 bits per heavy atom. The van der Waals surface area contributed by atoms with Gasteiger partial charge in [-0.2, -0.15) is 0 Å². The molecule has 1 rings (SSSR count). The molecule has 0 radical (unpaired) electrons. The molecule has 0 aromatic rings. The monoisotopic (exact) mass is 200 g/mol. The summed E-state index contributed by atoms with van der Waals surface area (Å²) in [7, 11) is 2.14. The van der Waals surface area contributed by atoms with Gasteiger partial charge in [-0.15, -0.1) is 0 Å². The summed E-state index contributed by atoms with van der Waals surface area (Å²) in [5, 5.41) is 9.14. The molecule has 0 saturated carbocycles. The van der Waals surface area contributed by atoms with Crippen LogP contribution in [0.25, 0.3) is 0 Å². The minimum Gasteiger partial charge on any atom is -0.393 e. The summed E-state index contributed by atoms with van der Waals surface area (Å²) in [6.45, 7) is 7.75. The van der Waals surface area contributed by atoms with Gasteiger partial charge in [-0.3, -0.25) is 0 Å². The van der Waals surface area contributed by atoms with Crippen LogP contribution in [0.2, 0.25) is 0 Å². The summed E-state index contributed by atoms with van der Waals surface area (Å²) < 4.78 is 0. The van der Waals surface area contributed by atoms with E-state index in [1.807, 2.05) is 6.92 Å². The van der Waals surface area contributed by atoms with Gasteiger partial charge in [0.15, 0.2) is 0 Å². The SMILES string of the molecule is CC(O)CCN(C)CCN1CCCC1. The van der Waals surface area contributed by atoms with E-state index in [9.17, 15) is 0 Å². The van der Waals surface area contributed by atoms with Crippen molar-refractivity contribution in [1.29, 1.82) is 0 Å². The third-order valence-electron chi connectivity index (χ3n) is 2.93. The molecule has 1 saturated heterocycles. The Kier molecular flexibility index (Phi) is 5.45. The van der Waals surface area contributed by atoms with E-state index < -0.39 is 0 Å². The molecule has 1 fully saturated rings. The number of aliphatic hydroxyl groups excluding tert-OH is 1. The van der Waals surface area contributed by atoms with Gasteiger partial charge in [0.25, 0.3) is 0 Å². The Hall–Kier alpha value is -0.120. The first-order chi connectivity index (χ1) is 6.68. The van der Waals surface area contributed by atoms with Crippen molar-refractivity contribution in [3.8, 4) is 0 Å². The number of likely N-dealkylation sites (tertiary alicyclic amines) is 1. The second-order valence-corrected chi connectivity index (χ2v) is 4.49. The highest BCUT2D eigenvalue weighted by Crippen LogP contribution is 2.06. The largest absolute Gasteiger partial charge is 0.393 e. The highest BCUT2D eigenvalue weighted by atomic mass is 16.3. The van der Waals surface area contributed by atoms with E-state index in [-0.39, 0.29) is 6.10 Å². The molecule has 84 valence electrons. The van der Waals surface area contributed by atoms with E-state index in [1.54, 1.807) is 0 Å². The van der Waals surface area contributed by atoms with Crippen LogP contribution < -0.4 is 0 Å². The molecule has 1 aliphatic rings. The number of aliphatic hydroxyl groups is 1. The van der Waals surface area contributed by atoms with Crippen LogP contribution in [0.15, 0.2) is 0 Å². The molecule has 0 aromatic heterocycles. The zero-order valence-corrected chi connectivity index (χ0v) is 9.58. The molecule has 0 amide bonds. The lowest BCUT2D eigenvalue weighted by Gasteiger charge is -2.21. The molecule has 14 heavy (non-hydrogen) atoms. The van der Waals surface area contributed by atoms with Gasteiger partial charge in [0, 0.05) is 19.6 Å². The molecule has 1 atom stereocenters. The summed E-state index contributed by atoms with van der Waals surface area (Å²) in [6, 6.07) is 0. The second-order valence-electron chi connectivity index (χ2n) is 4.49. The maximum absolute atomic E-state index is 9.14. The van der Waals surface area contributed by atoms with Crippen LogP contribution in [0.4, 0.5) is 0 Å². The average Bonchev–Trinajstić information content (AvgIpc) is 2.63. The number of hydrogen-bond donors (Lipinski definition) is 1. The van der Waals surface area contributed by atoms with Crippen LogP contribution in [0.1, 0.15) is 26.2 Å². The van der Waals surface area contributed by atoms with Gasteiger partial charge < -0.3 is 14.9 Å². The van der Waals surface area contributed by atoms with Crippen LogP contribution in [0.5, 0.6) is 0 Å². The van der Waals surface area contributed by atoms with Gasteiger partial charge >= 0.3 is 0 Å². The first-order valence-corrected chi connectivity index (χ1v) is 5.77. The first-order valence-electron chi connectivity index (χ1n) is 5.77. The van der Waals surface area contributed by atoms with Crippen molar-refractivity contribution < 1.29 is 5.11 Å². The van der Waals surface area contributed by atoms with Gasteiger partial charge in [0.1, 0.15) is 0 Å². The van der Waals surface area contributed by atoms with Gasteiger partial charge in [-0.1, -0.05) is 0 Å². The second kappa shape index (κ2) is 6.38. The van der Waals surface area contributed by atoms with Gasteiger partial charge in [-0.05, 0) is 46.3 Å². The Labute approximate surface area is 87.7 Å². The number of likely N-dealkylation sites (N-methyl/N-ethyl adjacent to an activating group) is 1. The molecule has 1 N–H and O–H groups in total. The van der Waals surface area contributed by atoms with E-state index in [0.29, 0.717) is 0 Å². The molecule has 3 nitrogen and oxygen atoms in total. The maximum atomic E-state index is 9.14. The van der Waals surface area contributed by atoms with E-state index in [0.717, 1.165) is 19.5 Å². The van der Waals surface area contributed by atoms with E-state index in [1.165, 1.54) is 32.5 Å². The summed E-state index contributed by atoms with van der Waals surface area (Å²) in [6.07, 6.45) is 3.47. The van der Waals surface area contributed by atoms with Crippen LogP contribution in [0, 0.1) is 0 Å². The fourth-order valence-electron chi connectivity index (χ4n) is 1.84. The van der Waals surface area contributed by atoms with Gasteiger partial charge in [0.05, 0.1) is 6.10 Å². The van der Waals surface area contributed by atoms with Crippen LogP contribution in [-0.4, -0.2) is 60.8 Å². The Bertz CT molecular complexity index is 144. The zero-order chi connectivity index (χ0) is 10.4. The molecule has 1 unspecified atom stereocenters. The van der Waals surface area contributed by atoms with E-state index >= 15 is 0 Å². The van der Waals surface area contributed by atoms with Crippen molar-refractivity contribution in [3.63, 3.8) is 0 Å². The lowest BCUT2D eigenvalue weighted by atomic mass is 10.3. The zero-order valence-electron chi connectivity index (χ0n) is 9.58. The standard InChI is InChI=1S/C11H24N2O/c1-11(14)5-8-12(2)9-10-13-6-3-4-7-13/h11,14H,3-10H2,1-2H3. The maximum Gasteiger partial charge on any atom is 0.0524 e. The third kappa shape index (κ3) is 4.94. The lowest BCUT2D eigenvalue weighted by molar-refractivity contribution is 0.160. The molecule has 1 aliphatic heterocycles. The summed E-state index contributed by atoms with van der Waals surface area (Å²) in [5.41, 5.74) is 0. The van der Waals surface area contributed by atoms with Gasteiger partial charge in [0.2, 0.25) is 0 Å². The molecule has 3 heteroatoms. The van der Waals surface area contributed by atoms with Crippen LogP contribution in [-0.2, 0) is 0 Å². The lowest BCUT2D eigenvalue weighted by Crippen LogP contribution is -2.32. The van der Waals surface area contributed by atoms with Crippen LogP contribution >= 0.6 is 0 Å². The van der Waals surface area contributed by atoms with E-state index in [2.05, 4.69) is 16.8 Å². The quantitative estimate of drug-likeness (QED) is 0.686. The average molecular weight is 200 g/mol.